The molecule has 0 radical (unpaired) electrons. The molecule has 1 unspecified atom stereocenters. The second-order valence-corrected chi connectivity index (χ2v) is 3.97. The molecule has 6 nitrogen and oxygen atoms in total. The number of hydrogen-bond donors (Lipinski definition) is 2. The number of rotatable bonds is 2. The fourth-order valence-electron chi connectivity index (χ4n) is 1.79. The lowest BCUT2D eigenvalue weighted by Gasteiger charge is -2.09. The number of hydrogen-bond acceptors (Lipinski definition) is 3. The van der Waals surface area contributed by atoms with E-state index in [1.165, 1.54) is 4.68 Å². The summed E-state index contributed by atoms with van der Waals surface area (Å²) in [6.45, 7) is 2.33. The first kappa shape index (κ1) is 10.7. The molecule has 1 aromatic heterocycles. The smallest absolute Gasteiger partial charge is 0.269 e. The van der Waals surface area contributed by atoms with Gasteiger partial charge in [-0.3, -0.25) is 14.3 Å². The van der Waals surface area contributed by atoms with Crippen molar-refractivity contribution >= 4 is 11.8 Å². The first-order chi connectivity index (χ1) is 7.56. The average Bonchev–Trinajstić information content (AvgIpc) is 2.73. The lowest BCUT2D eigenvalue weighted by atomic mass is 10.2. The molecule has 1 aromatic rings. The van der Waals surface area contributed by atoms with Gasteiger partial charge < -0.3 is 10.6 Å². The zero-order valence-corrected chi connectivity index (χ0v) is 9.28. The van der Waals surface area contributed by atoms with E-state index in [9.17, 15) is 9.59 Å². The van der Waals surface area contributed by atoms with Gasteiger partial charge in [0, 0.05) is 20.0 Å². The third-order valence-electron chi connectivity index (χ3n) is 2.55. The lowest BCUT2D eigenvalue weighted by molar-refractivity contribution is -0.119. The zero-order chi connectivity index (χ0) is 11.7. The van der Waals surface area contributed by atoms with E-state index >= 15 is 0 Å². The van der Waals surface area contributed by atoms with Crippen LogP contribution in [-0.2, 0) is 11.8 Å². The second kappa shape index (κ2) is 3.96. The maximum absolute atomic E-state index is 11.8. The molecule has 6 heteroatoms. The van der Waals surface area contributed by atoms with Crippen LogP contribution in [0.25, 0.3) is 0 Å². The highest BCUT2D eigenvalue weighted by Gasteiger charge is 2.24. The molecule has 0 bridgehead atoms. The number of aryl methyl sites for hydroxylation is 2. The molecule has 1 aliphatic heterocycles. The molecule has 1 atom stereocenters. The maximum atomic E-state index is 11.8. The van der Waals surface area contributed by atoms with Crippen LogP contribution in [0.4, 0.5) is 0 Å². The molecule has 2 rings (SSSR count). The van der Waals surface area contributed by atoms with Gasteiger partial charge in [0.05, 0.1) is 11.7 Å². The van der Waals surface area contributed by atoms with Gasteiger partial charge in [0.2, 0.25) is 5.91 Å². The summed E-state index contributed by atoms with van der Waals surface area (Å²) in [6, 6.07) is 1.61. The molecule has 2 heterocycles. The number of nitrogens with zero attached hydrogens (tertiary/aromatic N) is 2. The Kier molecular flexibility index (Phi) is 2.64. The van der Waals surface area contributed by atoms with Crippen molar-refractivity contribution in [3.05, 3.63) is 17.5 Å². The van der Waals surface area contributed by atoms with Gasteiger partial charge in [-0.2, -0.15) is 5.10 Å². The molecule has 2 amide bonds. The van der Waals surface area contributed by atoms with Crippen molar-refractivity contribution in [2.75, 3.05) is 6.54 Å². The van der Waals surface area contributed by atoms with Gasteiger partial charge in [-0.05, 0) is 13.0 Å². The van der Waals surface area contributed by atoms with Crippen molar-refractivity contribution in [3.63, 3.8) is 0 Å². The Morgan fingerprint density at radius 3 is 2.94 bits per heavy atom. The first-order valence-corrected chi connectivity index (χ1v) is 5.14. The van der Waals surface area contributed by atoms with Crippen molar-refractivity contribution in [2.45, 2.75) is 19.4 Å². The summed E-state index contributed by atoms with van der Waals surface area (Å²) in [5.41, 5.74) is 1.31. The van der Waals surface area contributed by atoms with Crippen molar-refractivity contribution < 1.29 is 9.59 Å². The van der Waals surface area contributed by atoms with E-state index in [1.54, 1.807) is 13.1 Å². The van der Waals surface area contributed by atoms with Crippen LogP contribution in [0.3, 0.4) is 0 Å². The summed E-state index contributed by atoms with van der Waals surface area (Å²) in [5, 5.41) is 9.56. The van der Waals surface area contributed by atoms with Crippen LogP contribution in [0.1, 0.15) is 22.6 Å². The Labute approximate surface area is 93.0 Å². The van der Waals surface area contributed by atoms with Gasteiger partial charge in [0.1, 0.15) is 5.69 Å². The SMILES string of the molecule is Cc1cc(C(=O)NC2CNC(=O)C2)n(C)n1. The number of carbonyl (C=O) groups is 2. The summed E-state index contributed by atoms with van der Waals surface area (Å²) in [6.07, 6.45) is 0.350. The van der Waals surface area contributed by atoms with Crippen LogP contribution in [-0.4, -0.2) is 34.2 Å². The highest BCUT2D eigenvalue weighted by molar-refractivity contribution is 5.93. The molecule has 1 fully saturated rings. The molecule has 16 heavy (non-hydrogen) atoms. The summed E-state index contributed by atoms with van der Waals surface area (Å²) >= 11 is 0. The third kappa shape index (κ3) is 2.05. The van der Waals surface area contributed by atoms with E-state index in [4.69, 9.17) is 0 Å². The van der Waals surface area contributed by atoms with Crippen molar-refractivity contribution in [2.24, 2.45) is 7.05 Å². The van der Waals surface area contributed by atoms with Crippen LogP contribution in [0, 0.1) is 6.92 Å². The van der Waals surface area contributed by atoms with Crippen molar-refractivity contribution in [3.8, 4) is 0 Å². The van der Waals surface area contributed by atoms with E-state index < -0.39 is 0 Å². The van der Waals surface area contributed by atoms with Gasteiger partial charge >= 0.3 is 0 Å². The van der Waals surface area contributed by atoms with Crippen LogP contribution in [0.2, 0.25) is 0 Å². The Bertz CT molecular complexity index is 438. The molecular formula is C10H14N4O2. The van der Waals surface area contributed by atoms with Gasteiger partial charge in [0.25, 0.3) is 5.91 Å². The molecule has 1 saturated heterocycles. The van der Waals surface area contributed by atoms with Crippen LogP contribution in [0.5, 0.6) is 0 Å². The third-order valence-corrected chi connectivity index (χ3v) is 2.55. The highest BCUT2D eigenvalue weighted by atomic mass is 16.2. The van der Waals surface area contributed by atoms with E-state index in [0.29, 0.717) is 18.7 Å². The van der Waals surface area contributed by atoms with Gasteiger partial charge in [-0.1, -0.05) is 0 Å². The van der Waals surface area contributed by atoms with Crippen molar-refractivity contribution in [1.82, 2.24) is 20.4 Å². The summed E-state index contributed by atoms with van der Waals surface area (Å²) in [5.74, 6) is -0.212. The second-order valence-electron chi connectivity index (χ2n) is 3.97. The van der Waals surface area contributed by atoms with E-state index in [2.05, 4.69) is 15.7 Å². The zero-order valence-electron chi connectivity index (χ0n) is 9.28. The van der Waals surface area contributed by atoms with Gasteiger partial charge in [-0.15, -0.1) is 0 Å². The summed E-state index contributed by atoms with van der Waals surface area (Å²) in [4.78, 5) is 22.8. The minimum atomic E-state index is -0.190. The average molecular weight is 222 g/mol. The molecule has 86 valence electrons. The predicted molar refractivity (Wildman–Crippen MR) is 56.8 cm³/mol. The Morgan fingerprint density at radius 1 is 1.69 bits per heavy atom. The molecule has 1 aliphatic rings. The maximum Gasteiger partial charge on any atom is 0.269 e. The number of aromatic nitrogens is 2. The Morgan fingerprint density at radius 2 is 2.44 bits per heavy atom. The fourth-order valence-corrected chi connectivity index (χ4v) is 1.79. The highest BCUT2D eigenvalue weighted by Crippen LogP contribution is 2.04. The van der Waals surface area contributed by atoms with Crippen LogP contribution in [0.15, 0.2) is 6.07 Å². The molecule has 0 spiro atoms. The van der Waals surface area contributed by atoms with E-state index in [1.807, 2.05) is 6.92 Å². The summed E-state index contributed by atoms with van der Waals surface area (Å²) in [7, 11) is 1.72. The first-order valence-electron chi connectivity index (χ1n) is 5.14. The minimum absolute atomic E-state index is 0.0218. The van der Waals surface area contributed by atoms with Gasteiger partial charge in [-0.25, -0.2) is 0 Å². The standard InChI is InChI=1S/C10H14N4O2/c1-6-3-8(14(2)13-6)10(16)12-7-4-9(15)11-5-7/h3,7H,4-5H2,1-2H3,(H,11,15)(H,12,16). The normalized spacial score (nSPS) is 19.6. The topological polar surface area (TPSA) is 76.0 Å². The van der Waals surface area contributed by atoms with Crippen LogP contribution < -0.4 is 10.6 Å². The Hall–Kier alpha value is -1.85. The minimum Gasteiger partial charge on any atom is -0.354 e. The van der Waals surface area contributed by atoms with Gasteiger partial charge in [0.15, 0.2) is 0 Å². The van der Waals surface area contributed by atoms with E-state index in [0.717, 1.165) is 5.69 Å². The molecular weight excluding hydrogens is 208 g/mol. The summed E-state index contributed by atoms with van der Waals surface area (Å²) < 4.78 is 1.54. The number of carbonyl (C=O) groups excluding carboxylic acids is 2. The molecule has 0 aliphatic carbocycles. The predicted octanol–water partition coefficient (Wildman–Crippen LogP) is -0.653. The van der Waals surface area contributed by atoms with Crippen molar-refractivity contribution in [1.29, 1.82) is 0 Å². The van der Waals surface area contributed by atoms with Crippen LogP contribution >= 0.6 is 0 Å². The monoisotopic (exact) mass is 222 g/mol. The number of amides is 2. The molecule has 0 aromatic carbocycles. The van der Waals surface area contributed by atoms with E-state index in [-0.39, 0.29) is 17.9 Å². The number of nitrogens with one attached hydrogen (secondary N) is 2. The quantitative estimate of drug-likeness (QED) is 0.698. The fraction of sp³-hybridized carbons (Fsp3) is 0.500. The Balaban J connectivity index is 2.03. The molecule has 0 saturated carbocycles. The molecule has 2 N–H and O–H groups in total. The lowest BCUT2D eigenvalue weighted by Crippen LogP contribution is -2.37. The largest absolute Gasteiger partial charge is 0.354 e.